The van der Waals surface area contributed by atoms with Gasteiger partial charge in [0.05, 0.1) is 28.2 Å². The van der Waals surface area contributed by atoms with Gasteiger partial charge in [0.1, 0.15) is 0 Å². The lowest BCUT2D eigenvalue weighted by Crippen LogP contribution is -2.23. The fourth-order valence-electron chi connectivity index (χ4n) is 2.79. The normalized spacial score (nSPS) is 13.2. The first-order chi connectivity index (χ1) is 11.0. The zero-order valence-electron chi connectivity index (χ0n) is 13.0. The molecule has 0 aromatic heterocycles. The number of hydrogen-bond acceptors (Lipinski definition) is 3. The molecule has 3 rings (SSSR count). The van der Waals surface area contributed by atoms with E-state index in [1.54, 1.807) is 18.2 Å². The third-order valence-corrected chi connectivity index (χ3v) is 3.77. The lowest BCUT2D eigenvalue weighted by atomic mass is 10.1. The highest BCUT2D eigenvalue weighted by Crippen LogP contribution is 2.38. The van der Waals surface area contributed by atoms with Gasteiger partial charge in [0, 0.05) is 6.54 Å². The van der Waals surface area contributed by atoms with E-state index in [1.165, 1.54) is 6.07 Å². The topological polar surface area (TPSA) is 69.6 Å². The molecule has 0 saturated heterocycles. The number of fused-ring (bicyclic) bond motifs is 2. The molecular formula is C18H18N2O3. The number of para-hydroxylation sites is 1. The molecule has 5 nitrogen and oxygen atoms in total. The molecule has 0 atom stereocenters. The van der Waals surface area contributed by atoms with Gasteiger partial charge in [-0.25, -0.2) is 4.79 Å². The van der Waals surface area contributed by atoms with Crippen molar-refractivity contribution in [1.29, 1.82) is 0 Å². The monoisotopic (exact) mass is 310 g/mol. The van der Waals surface area contributed by atoms with Crippen molar-refractivity contribution < 1.29 is 14.7 Å². The van der Waals surface area contributed by atoms with Gasteiger partial charge < -0.3 is 15.3 Å². The number of nitrogens with zero attached hydrogens (tertiary/aromatic N) is 1. The van der Waals surface area contributed by atoms with Gasteiger partial charge in [-0.15, -0.1) is 0 Å². The summed E-state index contributed by atoms with van der Waals surface area (Å²) < 4.78 is 0. The largest absolute Gasteiger partial charge is 0.478 e. The molecule has 0 bridgehead atoms. The molecule has 2 aromatic carbocycles. The smallest absolute Gasteiger partial charge is 0.335 e. The molecule has 2 N–H and O–H groups in total. The minimum atomic E-state index is -1.01. The maximum absolute atomic E-state index is 12.5. The summed E-state index contributed by atoms with van der Waals surface area (Å²) in [5.74, 6) is -0.863. The summed E-state index contributed by atoms with van der Waals surface area (Å²) in [6.45, 7) is 4.94. The maximum Gasteiger partial charge on any atom is 0.335 e. The van der Waals surface area contributed by atoms with E-state index < -0.39 is 5.97 Å². The number of hydrogen-bond donors (Lipinski definition) is 2. The van der Waals surface area contributed by atoms with Crippen molar-refractivity contribution in [2.75, 3.05) is 16.8 Å². The Hall–Kier alpha value is -2.82. The minimum Gasteiger partial charge on any atom is -0.478 e. The van der Waals surface area contributed by atoms with Crippen LogP contribution in [0, 0.1) is 5.92 Å². The van der Waals surface area contributed by atoms with Crippen LogP contribution in [0.4, 0.5) is 17.1 Å². The van der Waals surface area contributed by atoms with Crippen LogP contribution in [0.1, 0.15) is 34.6 Å². The van der Waals surface area contributed by atoms with Gasteiger partial charge in [-0.3, -0.25) is 4.79 Å². The highest BCUT2D eigenvalue weighted by atomic mass is 16.4. The standard InChI is InChI=1S/C18H18N2O3/c1-11(2)10-20-15-6-4-3-5-13(15)17(21)19-14-9-12(18(22)23)7-8-16(14)20/h3-9,11H,10H2,1-2H3,(H,19,21)(H,22,23). The minimum absolute atomic E-state index is 0.152. The average molecular weight is 310 g/mol. The van der Waals surface area contributed by atoms with Gasteiger partial charge in [-0.05, 0) is 36.2 Å². The molecular weight excluding hydrogens is 292 g/mol. The molecule has 0 radical (unpaired) electrons. The van der Waals surface area contributed by atoms with Crippen LogP contribution in [0.15, 0.2) is 42.5 Å². The summed E-state index contributed by atoms with van der Waals surface area (Å²) in [4.78, 5) is 25.8. The van der Waals surface area contributed by atoms with E-state index in [4.69, 9.17) is 0 Å². The Morgan fingerprint density at radius 3 is 2.61 bits per heavy atom. The summed E-state index contributed by atoms with van der Waals surface area (Å²) in [7, 11) is 0. The van der Waals surface area contributed by atoms with Gasteiger partial charge in [0.25, 0.3) is 5.91 Å². The van der Waals surface area contributed by atoms with Gasteiger partial charge in [-0.2, -0.15) is 0 Å². The third kappa shape index (κ3) is 2.77. The van der Waals surface area contributed by atoms with Crippen molar-refractivity contribution >= 4 is 28.9 Å². The van der Waals surface area contributed by atoms with E-state index in [0.717, 1.165) is 17.9 Å². The number of amides is 1. The van der Waals surface area contributed by atoms with Gasteiger partial charge in [-0.1, -0.05) is 26.0 Å². The fourth-order valence-corrected chi connectivity index (χ4v) is 2.79. The predicted molar refractivity (Wildman–Crippen MR) is 89.6 cm³/mol. The van der Waals surface area contributed by atoms with Crippen molar-refractivity contribution in [2.24, 2.45) is 5.92 Å². The maximum atomic E-state index is 12.5. The van der Waals surface area contributed by atoms with Crippen molar-refractivity contribution in [1.82, 2.24) is 0 Å². The molecule has 1 aliphatic rings. The van der Waals surface area contributed by atoms with Gasteiger partial charge in [0.15, 0.2) is 0 Å². The third-order valence-electron chi connectivity index (χ3n) is 3.77. The van der Waals surface area contributed by atoms with Crippen LogP contribution in [0.2, 0.25) is 0 Å². The van der Waals surface area contributed by atoms with Crippen LogP contribution in [-0.2, 0) is 0 Å². The highest BCUT2D eigenvalue weighted by Gasteiger charge is 2.26. The quantitative estimate of drug-likeness (QED) is 0.906. The molecule has 0 fully saturated rings. The molecule has 1 heterocycles. The fraction of sp³-hybridized carbons (Fsp3) is 0.222. The van der Waals surface area contributed by atoms with Crippen molar-refractivity contribution in [3.05, 3.63) is 53.6 Å². The van der Waals surface area contributed by atoms with Crippen LogP contribution >= 0.6 is 0 Å². The lowest BCUT2D eigenvalue weighted by Gasteiger charge is -2.27. The summed E-state index contributed by atoms with van der Waals surface area (Å²) in [5.41, 5.74) is 2.90. The van der Waals surface area contributed by atoms with Gasteiger partial charge in [0.2, 0.25) is 0 Å². The first-order valence-electron chi connectivity index (χ1n) is 7.52. The Morgan fingerprint density at radius 2 is 1.91 bits per heavy atom. The summed E-state index contributed by atoms with van der Waals surface area (Å²) in [5, 5.41) is 12.0. The number of nitrogens with one attached hydrogen (secondary N) is 1. The van der Waals surface area contributed by atoms with E-state index >= 15 is 0 Å². The van der Waals surface area contributed by atoms with Crippen LogP contribution < -0.4 is 10.2 Å². The number of aromatic carboxylic acids is 1. The molecule has 1 aliphatic heterocycles. The summed E-state index contributed by atoms with van der Waals surface area (Å²) >= 11 is 0. The molecule has 1 amide bonds. The Kier molecular flexibility index (Phi) is 3.78. The number of carbonyl (C=O) groups excluding carboxylic acids is 1. The zero-order chi connectivity index (χ0) is 16.6. The SMILES string of the molecule is CC(C)CN1c2ccc(C(=O)O)cc2NC(=O)c2ccccc21. The molecule has 2 aromatic rings. The second-order valence-corrected chi connectivity index (χ2v) is 6.01. The molecule has 0 unspecified atom stereocenters. The number of carboxylic acids is 1. The first-order valence-corrected chi connectivity index (χ1v) is 7.52. The van der Waals surface area contributed by atoms with Crippen LogP contribution in [-0.4, -0.2) is 23.5 Å². The van der Waals surface area contributed by atoms with E-state index in [9.17, 15) is 14.7 Å². The second kappa shape index (κ2) is 5.76. The molecule has 0 saturated carbocycles. The number of carboxylic acid groups (broad SMARTS) is 1. The van der Waals surface area contributed by atoms with Crippen molar-refractivity contribution in [2.45, 2.75) is 13.8 Å². The molecule has 5 heteroatoms. The first kappa shape index (κ1) is 15.1. The van der Waals surface area contributed by atoms with Crippen LogP contribution in [0.5, 0.6) is 0 Å². The van der Waals surface area contributed by atoms with E-state index in [-0.39, 0.29) is 11.5 Å². The number of anilines is 3. The molecule has 0 spiro atoms. The summed E-state index contributed by atoms with van der Waals surface area (Å²) in [6.07, 6.45) is 0. The Morgan fingerprint density at radius 1 is 1.17 bits per heavy atom. The molecule has 23 heavy (non-hydrogen) atoms. The zero-order valence-corrected chi connectivity index (χ0v) is 13.0. The van der Waals surface area contributed by atoms with Gasteiger partial charge >= 0.3 is 5.97 Å². The second-order valence-electron chi connectivity index (χ2n) is 6.01. The Labute approximate surface area is 134 Å². The number of rotatable bonds is 3. The number of carbonyl (C=O) groups is 2. The molecule has 0 aliphatic carbocycles. The Bertz CT molecular complexity index is 784. The van der Waals surface area contributed by atoms with Crippen LogP contribution in [0.25, 0.3) is 0 Å². The molecule has 118 valence electrons. The van der Waals surface area contributed by atoms with E-state index in [2.05, 4.69) is 24.1 Å². The average Bonchev–Trinajstić information content (AvgIpc) is 2.62. The van der Waals surface area contributed by atoms with E-state index in [1.807, 2.05) is 18.2 Å². The van der Waals surface area contributed by atoms with Crippen LogP contribution in [0.3, 0.4) is 0 Å². The highest BCUT2D eigenvalue weighted by molar-refractivity contribution is 6.13. The van der Waals surface area contributed by atoms with Crippen molar-refractivity contribution in [3.63, 3.8) is 0 Å². The lowest BCUT2D eigenvalue weighted by molar-refractivity contribution is 0.0696. The predicted octanol–water partition coefficient (Wildman–Crippen LogP) is 3.74. The van der Waals surface area contributed by atoms with Crippen molar-refractivity contribution in [3.8, 4) is 0 Å². The Balaban J connectivity index is 2.20. The summed E-state index contributed by atoms with van der Waals surface area (Å²) in [6, 6.07) is 12.2. The number of benzene rings is 2. The van der Waals surface area contributed by atoms with E-state index in [0.29, 0.717) is 17.2 Å².